The topological polar surface area (TPSA) is 45.2 Å². The van der Waals surface area contributed by atoms with Gasteiger partial charge in [-0.1, -0.05) is 6.92 Å². The van der Waals surface area contributed by atoms with Gasteiger partial charge in [0.1, 0.15) is 0 Å². The summed E-state index contributed by atoms with van der Waals surface area (Å²) < 4.78 is 0. The molecule has 1 aromatic rings. The van der Waals surface area contributed by atoms with E-state index in [2.05, 4.69) is 10.3 Å². The van der Waals surface area contributed by atoms with Gasteiger partial charge in [0.2, 0.25) is 0 Å². The smallest absolute Gasteiger partial charge is 0.282 e. The lowest BCUT2D eigenvalue weighted by molar-refractivity contribution is 0.0735. The van der Waals surface area contributed by atoms with E-state index in [9.17, 15) is 4.79 Å². The first-order valence-corrected chi connectivity index (χ1v) is 6.13. The van der Waals surface area contributed by atoms with Crippen LogP contribution in [0.4, 0.5) is 0 Å². The number of amides is 1. The van der Waals surface area contributed by atoms with Crippen molar-refractivity contribution in [3.63, 3.8) is 0 Å². The van der Waals surface area contributed by atoms with E-state index in [1.165, 1.54) is 11.3 Å². The summed E-state index contributed by atoms with van der Waals surface area (Å²) in [5, 5.41) is 5.83. The zero-order valence-corrected chi connectivity index (χ0v) is 9.64. The van der Waals surface area contributed by atoms with Crippen LogP contribution in [0.25, 0.3) is 0 Å². The van der Waals surface area contributed by atoms with Crippen LogP contribution in [-0.2, 0) is 6.42 Å². The van der Waals surface area contributed by atoms with Crippen LogP contribution >= 0.6 is 11.3 Å². The molecule has 0 atom stereocenters. The van der Waals surface area contributed by atoms with Crippen LogP contribution < -0.4 is 5.32 Å². The highest BCUT2D eigenvalue weighted by Gasteiger charge is 2.20. The number of hydrogen-bond donors (Lipinski definition) is 1. The molecule has 0 aliphatic carbocycles. The molecule has 0 spiro atoms. The predicted octanol–water partition coefficient (Wildman–Crippen LogP) is 0.751. The molecule has 1 fully saturated rings. The largest absolute Gasteiger partial charge is 0.334 e. The number of nitrogens with one attached hydrogen (secondary N) is 1. The van der Waals surface area contributed by atoms with Crippen LogP contribution in [0.3, 0.4) is 0 Å². The molecule has 1 amide bonds. The third-order valence-corrected chi connectivity index (χ3v) is 3.38. The fraction of sp³-hybridized carbons (Fsp3) is 0.600. The number of aromatic nitrogens is 1. The molecule has 0 saturated carbocycles. The van der Waals surface area contributed by atoms with Crippen molar-refractivity contribution < 1.29 is 4.79 Å². The van der Waals surface area contributed by atoms with E-state index in [-0.39, 0.29) is 5.91 Å². The van der Waals surface area contributed by atoms with Gasteiger partial charge in [-0.05, 0) is 6.42 Å². The molecule has 0 aromatic carbocycles. The van der Waals surface area contributed by atoms with Crippen molar-refractivity contribution in [1.82, 2.24) is 15.2 Å². The normalized spacial score (nSPS) is 16.7. The molecule has 4 nitrogen and oxygen atoms in total. The minimum Gasteiger partial charge on any atom is -0.334 e. The summed E-state index contributed by atoms with van der Waals surface area (Å²) in [6.45, 7) is 5.41. The van der Waals surface area contributed by atoms with E-state index in [1.54, 1.807) is 0 Å². The highest BCUT2D eigenvalue weighted by Crippen LogP contribution is 2.13. The minimum absolute atomic E-state index is 0.0844. The quantitative estimate of drug-likeness (QED) is 0.808. The van der Waals surface area contributed by atoms with Crippen molar-refractivity contribution in [3.8, 4) is 0 Å². The lowest BCUT2D eigenvalue weighted by Gasteiger charge is -2.26. The third kappa shape index (κ3) is 2.35. The Kier molecular flexibility index (Phi) is 3.33. The number of hydrogen-bond acceptors (Lipinski definition) is 4. The van der Waals surface area contributed by atoms with Crippen LogP contribution in [0.15, 0.2) is 5.38 Å². The molecule has 1 N–H and O–H groups in total. The minimum atomic E-state index is 0.0844. The zero-order chi connectivity index (χ0) is 10.7. The Bertz CT molecular complexity index is 344. The van der Waals surface area contributed by atoms with Gasteiger partial charge in [-0.15, -0.1) is 11.3 Å². The Labute approximate surface area is 93.3 Å². The summed E-state index contributed by atoms with van der Waals surface area (Å²) >= 11 is 1.45. The molecule has 2 rings (SSSR count). The van der Waals surface area contributed by atoms with Crippen molar-refractivity contribution in [2.75, 3.05) is 26.2 Å². The van der Waals surface area contributed by atoms with E-state index in [0.29, 0.717) is 5.01 Å². The first-order chi connectivity index (χ1) is 7.31. The Morgan fingerprint density at radius 2 is 2.33 bits per heavy atom. The number of aryl methyl sites for hydroxylation is 1. The van der Waals surface area contributed by atoms with Gasteiger partial charge in [0.25, 0.3) is 5.91 Å². The molecule has 2 heterocycles. The van der Waals surface area contributed by atoms with Gasteiger partial charge in [-0.25, -0.2) is 4.98 Å². The maximum Gasteiger partial charge on any atom is 0.282 e. The lowest BCUT2D eigenvalue weighted by Crippen LogP contribution is -2.46. The van der Waals surface area contributed by atoms with Crippen molar-refractivity contribution in [3.05, 3.63) is 16.1 Å². The number of thiazole rings is 1. The zero-order valence-electron chi connectivity index (χ0n) is 8.82. The molecule has 0 bridgehead atoms. The van der Waals surface area contributed by atoms with E-state index in [4.69, 9.17) is 0 Å². The van der Waals surface area contributed by atoms with Crippen LogP contribution in [0.5, 0.6) is 0 Å². The molecule has 1 aliphatic heterocycles. The van der Waals surface area contributed by atoms with Crippen LogP contribution in [0.2, 0.25) is 0 Å². The summed E-state index contributed by atoms with van der Waals surface area (Å²) in [7, 11) is 0. The third-order valence-electron chi connectivity index (χ3n) is 2.50. The van der Waals surface area contributed by atoms with Crippen LogP contribution in [-0.4, -0.2) is 42.0 Å². The number of rotatable bonds is 2. The highest BCUT2D eigenvalue weighted by molar-refractivity contribution is 7.11. The number of piperazine rings is 1. The molecule has 0 unspecified atom stereocenters. The second-order valence-corrected chi connectivity index (χ2v) is 4.40. The fourth-order valence-corrected chi connectivity index (χ4v) is 2.44. The Morgan fingerprint density at radius 3 is 2.93 bits per heavy atom. The molecular weight excluding hydrogens is 210 g/mol. The first-order valence-electron chi connectivity index (χ1n) is 5.25. The Hall–Kier alpha value is -0.940. The first kappa shape index (κ1) is 10.6. The standard InChI is InChI=1S/C10H15N3OS/c1-2-8-7-15-9(12-8)10(14)13-5-3-11-4-6-13/h7,11H,2-6H2,1H3. The van der Waals surface area contributed by atoms with Gasteiger partial charge in [-0.2, -0.15) is 0 Å². The monoisotopic (exact) mass is 225 g/mol. The van der Waals surface area contributed by atoms with Crippen LogP contribution in [0, 0.1) is 0 Å². The molecule has 0 radical (unpaired) electrons. The number of carbonyl (C=O) groups excluding carboxylic acids is 1. The predicted molar refractivity (Wildman–Crippen MR) is 60.3 cm³/mol. The second kappa shape index (κ2) is 4.72. The maximum absolute atomic E-state index is 12.0. The summed E-state index contributed by atoms with van der Waals surface area (Å²) in [4.78, 5) is 18.2. The van der Waals surface area contributed by atoms with Crippen molar-refractivity contribution in [2.24, 2.45) is 0 Å². The summed E-state index contributed by atoms with van der Waals surface area (Å²) in [5.41, 5.74) is 1.01. The molecule has 1 aliphatic rings. The fourth-order valence-electron chi connectivity index (χ4n) is 1.57. The highest BCUT2D eigenvalue weighted by atomic mass is 32.1. The van der Waals surface area contributed by atoms with E-state index < -0.39 is 0 Å². The molecule has 1 saturated heterocycles. The van der Waals surface area contributed by atoms with E-state index >= 15 is 0 Å². The average Bonchev–Trinajstić information content (AvgIpc) is 2.78. The molecular formula is C10H15N3OS. The van der Waals surface area contributed by atoms with Gasteiger partial charge in [-0.3, -0.25) is 4.79 Å². The van der Waals surface area contributed by atoms with Gasteiger partial charge < -0.3 is 10.2 Å². The summed E-state index contributed by atoms with van der Waals surface area (Å²) in [5.74, 6) is 0.0844. The van der Waals surface area contributed by atoms with Gasteiger partial charge >= 0.3 is 0 Å². The summed E-state index contributed by atoms with van der Waals surface area (Å²) in [6, 6.07) is 0. The second-order valence-electron chi connectivity index (χ2n) is 3.54. The summed E-state index contributed by atoms with van der Waals surface area (Å²) in [6.07, 6.45) is 0.894. The molecule has 15 heavy (non-hydrogen) atoms. The van der Waals surface area contributed by atoms with E-state index in [1.807, 2.05) is 17.2 Å². The Morgan fingerprint density at radius 1 is 1.60 bits per heavy atom. The number of nitrogens with zero attached hydrogens (tertiary/aromatic N) is 2. The molecule has 1 aromatic heterocycles. The molecule has 82 valence electrons. The van der Waals surface area contributed by atoms with Crippen molar-refractivity contribution in [1.29, 1.82) is 0 Å². The molecule has 5 heteroatoms. The number of carbonyl (C=O) groups is 1. The average molecular weight is 225 g/mol. The van der Waals surface area contributed by atoms with E-state index in [0.717, 1.165) is 38.3 Å². The van der Waals surface area contributed by atoms with Gasteiger partial charge in [0.15, 0.2) is 5.01 Å². The maximum atomic E-state index is 12.0. The lowest BCUT2D eigenvalue weighted by atomic mass is 10.3. The van der Waals surface area contributed by atoms with Gasteiger partial charge in [0.05, 0.1) is 5.69 Å². The van der Waals surface area contributed by atoms with Crippen molar-refractivity contribution in [2.45, 2.75) is 13.3 Å². The Balaban J connectivity index is 2.05. The van der Waals surface area contributed by atoms with Gasteiger partial charge in [0, 0.05) is 31.6 Å². The SMILES string of the molecule is CCc1csc(C(=O)N2CCNCC2)n1. The van der Waals surface area contributed by atoms with Crippen LogP contribution in [0.1, 0.15) is 22.4 Å². The van der Waals surface area contributed by atoms with Crippen molar-refractivity contribution >= 4 is 17.2 Å².